The lowest BCUT2D eigenvalue weighted by Gasteiger charge is -2.59. The Morgan fingerprint density at radius 2 is 1.76 bits per heavy atom. The molecule has 2 amide bonds. The quantitative estimate of drug-likeness (QED) is 0.864. The Balaban J connectivity index is 1.40. The van der Waals surface area contributed by atoms with E-state index in [2.05, 4.69) is 12.2 Å². The lowest BCUT2D eigenvalue weighted by molar-refractivity contribution is -0.0687. The van der Waals surface area contributed by atoms with E-state index in [4.69, 9.17) is 0 Å². The third-order valence-electron chi connectivity index (χ3n) is 7.09. The molecule has 4 saturated carbocycles. The first-order valence-corrected chi connectivity index (χ1v) is 9.74. The number of amides is 2. The molecule has 1 aromatic rings. The van der Waals surface area contributed by atoms with Crippen LogP contribution in [0, 0.1) is 23.2 Å². The summed E-state index contributed by atoms with van der Waals surface area (Å²) in [4.78, 5) is 14.4. The molecule has 4 heteroatoms. The minimum Gasteiger partial charge on any atom is -0.508 e. The Bertz CT molecular complexity index is 622. The minimum absolute atomic E-state index is 0.0356. The van der Waals surface area contributed by atoms with Crippen LogP contribution in [0.4, 0.5) is 4.79 Å². The van der Waals surface area contributed by atoms with Gasteiger partial charge in [-0.2, -0.15) is 0 Å². The number of aromatic hydroxyl groups is 1. The molecular formula is C21H30N2O2. The van der Waals surface area contributed by atoms with Crippen molar-refractivity contribution in [3.63, 3.8) is 0 Å². The fourth-order valence-electron chi connectivity index (χ4n) is 6.13. The Morgan fingerprint density at radius 1 is 1.20 bits per heavy atom. The molecule has 0 radical (unpaired) electrons. The van der Waals surface area contributed by atoms with Crippen molar-refractivity contribution in [2.24, 2.45) is 23.2 Å². The second-order valence-corrected chi connectivity index (χ2v) is 8.94. The summed E-state index contributed by atoms with van der Waals surface area (Å²) >= 11 is 0. The Morgan fingerprint density at radius 3 is 2.32 bits per heavy atom. The maximum absolute atomic E-state index is 12.7. The van der Waals surface area contributed by atoms with Gasteiger partial charge >= 0.3 is 6.03 Å². The number of nitrogens with zero attached hydrogens (tertiary/aromatic N) is 1. The highest BCUT2D eigenvalue weighted by Crippen LogP contribution is 2.61. The molecule has 5 rings (SSSR count). The molecule has 4 fully saturated rings. The van der Waals surface area contributed by atoms with Crippen molar-refractivity contribution >= 4 is 6.03 Å². The molecule has 136 valence electrons. The number of benzene rings is 1. The predicted octanol–water partition coefficient (Wildman–Crippen LogP) is 4.14. The van der Waals surface area contributed by atoms with Crippen LogP contribution in [0.3, 0.4) is 0 Å². The van der Waals surface area contributed by atoms with Gasteiger partial charge in [0, 0.05) is 18.7 Å². The molecule has 0 saturated heterocycles. The lowest BCUT2D eigenvalue weighted by atomic mass is 9.48. The number of rotatable bonds is 4. The van der Waals surface area contributed by atoms with Crippen LogP contribution in [0.2, 0.25) is 0 Å². The SMILES string of the molecule is CC(NC(=O)N(C)Cc1ccccc1O)C12CC3CC(CC(C3)C1)C2. The van der Waals surface area contributed by atoms with Crippen molar-refractivity contribution in [2.45, 2.75) is 58.0 Å². The number of para-hydroxylation sites is 1. The number of nitrogens with one attached hydrogen (secondary N) is 1. The van der Waals surface area contributed by atoms with Crippen molar-refractivity contribution < 1.29 is 9.90 Å². The average molecular weight is 342 g/mol. The molecule has 0 spiro atoms. The van der Waals surface area contributed by atoms with E-state index in [9.17, 15) is 9.90 Å². The maximum atomic E-state index is 12.7. The first kappa shape index (κ1) is 16.7. The second-order valence-electron chi connectivity index (χ2n) is 8.94. The summed E-state index contributed by atoms with van der Waals surface area (Å²) < 4.78 is 0. The van der Waals surface area contributed by atoms with Crippen molar-refractivity contribution in [3.8, 4) is 5.75 Å². The summed E-state index contributed by atoms with van der Waals surface area (Å²) in [7, 11) is 1.80. The van der Waals surface area contributed by atoms with E-state index in [0.717, 1.165) is 23.3 Å². The van der Waals surface area contributed by atoms with Gasteiger partial charge in [0.25, 0.3) is 0 Å². The first-order chi connectivity index (χ1) is 11.9. The fraction of sp³-hybridized carbons (Fsp3) is 0.667. The van der Waals surface area contributed by atoms with Crippen molar-refractivity contribution in [1.82, 2.24) is 10.2 Å². The van der Waals surface area contributed by atoms with Gasteiger partial charge < -0.3 is 15.3 Å². The van der Waals surface area contributed by atoms with Gasteiger partial charge in [0.05, 0.1) is 6.54 Å². The fourth-order valence-corrected chi connectivity index (χ4v) is 6.13. The minimum atomic E-state index is -0.0356. The van der Waals surface area contributed by atoms with E-state index in [1.165, 1.54) is 38.5 Å². The molecule has 4 nitrogen and oxygen atoms in total. The molecule has 0 aromatic heterocycles. The van der Waals surface area contributed by atoms with Gasteiger partial charge in [-0.25, -0.2) is 4.79 Å². The summed E-state index contributed by atoms with van der Waals surface area (Å²) in [6.07, 6.45) is 8.16. The smallest absolute Gasteiger partial charge is 0.317 e. The Hall–Kier alpha value is -1.71. The third-order valence-corrected chi connectivity index (χ3v) is 7.09. The maximum Gasteiger partial charge on any atom is 0.317 e. The molecule has 1 unspecified atom stereocenters. The molecular weight excluding hydrogens is 312 g/mol. The normalized spacial score (nSPS) is 33.9. The van der Waals surface area contributed by atoms with Crippen molar-refractivity contribution in [1.29, 1.82) is 0 Å². The van der Waals surface area contributed by atoms with Crippen LogP contribution in [-0.2, 0) is 6.54 Å². The number of hydrogen-bond donors (Lipinski definition) is 2. The van der Waals surface area contributed by atoms with Crippen LogP contribution < -0.4 is 5.32 Å². The molecule has 0 aliphatic heterocycles. The van der Waals surface area contributed by atoms with E-state index in [1.807, 2.05) is 12.1 Å². The van der Waals surface area contributed by atoms with Gasteiger partial charge in [-0.1, -0.05) is 18.2 Å². The molecule has 1 aromatic carbocycles. The van der Waals surface area contributed by atoms with E-state index < -0.39 is 0 Å². The number of urea groups is 1. The van der Waals surface area contributed by atoms with Gasteiger partial charge in [0.15, 0.2) is 0 Å². The summed E-state index contributed by atoms with van der Waals surface area (Å²) in [6, 6.07) is 7.40. The largest absolute Gasteiger partial charge is 0.508 e. The molecule has 4 aliphatic carbocycles. The Kier molecular flexibility index (Phi) is 4.17. The molecule has 25 heavy (non-hydrogen) atoms. The summed E-state index contributed by atoms with van der Waals surface area (Å²) in [5.74, 6) is 2.93. The highest BCUT2D eigenvalue weighted by atomic mass is 16.3. The number of phenols is 1. The second kappa shape index (κ2) is 6.22. The van der Waals surface area contributed by atoms with E-state index in [1.54, 1.807) is 24.1 Å². The van der Waals surface area contributed by atoms with E-state index in [-0.39, 0.29) is 17.8 Å². The zero-order chi connectivity index (χ0) is 17.6. The molecule has 2 N–H and O–H groups in total. The van der Waals surface area contributed by atoms with Crippen LogP contribution in [-0.4, -0.2) is 29.1 Å². The van der Waals surface area contributed by atoms with Gasteiger partial charge in [0.2, 0.25) is 0 Å². The van der Waals surface area contributed by atoms with Gasteiger partial charge in [0.1, 0.15) is 5.75 Å². The lowest BCUT2D eigenvalue weighted by Crippen LogP contribution is -2.57. The van der Waals surface area contributed by atoms with Crippen LogP contribution in [0.15, 0.2) is 24.3 Å². The summed E-state index contributed by atoms with van der Waals surface area (Å²) in [6.45, 7) is 2.63. The van der Waals surface area contributed by atoms with Gasteiger partial charge in [-0.3, -0.25) is 0 Å². The van der Waals surface area contributed by atoms with Crippen LogP contribution in [0.1, 0.15) is 51.0 Å². The summed E-state index contributed by atoms with van der Waals surface area (Å²) in [5.41, 5.74) is 1.10. The van der Waals surface area contributed by atoms with Gasteiger partial charge in [-0.15, -0.1) is 0 Å². The zero-order valence-electron chi connectivity index (χ0n) is 15.4. The highest BCUT2D eigenvalue weighted by Gasteiger charge is 2.53. The average Bonchev–Trinajstić information content (AvgIpc) is 2.55. The third kappa shape index (κ3) is 3.11. The van der Waals surface area contributed by atoms with Crippen LogP contribution >= 0.6 is 0 Å². The monoisotopic (exact) mass is 342 g/mol. The topological polar surface area (TPSA) is 52.6 Å². The highest BCUT2D eigenvalue weighted by molar-refractivity contribution is 5.74. The van der Waals surface area contributed by atoms with Gasteiger partial charge in [-0.05, 0) is 74.7 Å². The number of phenolic OH excluding ortho intramolecular Hbond substituents is 1. The van der Waals surface area contributed by atoms with Crippen molar-refractivity contribution in [3.05, 3.63) is 29.8 Å². The van der Waals surface area contributed by atoms with Crippen molar-refractivity contribution in [2.75, 3.05) is 7.05 Å². The number of carbonyl (C=O) groups excluding carboxylic acids is 1. The molecule has 4 bridgehead atoms. The Labute approximate surface area is 150 Å². The molecule has 4 aliphatic rings. The van der Waals surface area contributed by atoms with E-state index in [0.29, 0.717) is 12.0 Å². The standard InChI is InChI=1S/C21H30N2O2/c1-14(21-10-15-7-16(11-21)9-17(8-15)12-21)22-20(25)23(2)13-18-5-3-4-6-19(18)24/h3-6,14-17,24H,7-13H2,1-2H3,(H,22,25). The van der Waals surface area contributed by atoms with Crippen LogP contribution in [0.25, 0.3) is 0 Å². The zero-order valence-corrected chi connectivity index (χ0v) is 15.4. The number of hydrogen-bond acceptors (Lipinski definition) is 2. The molecule has 1 atom stereocenters. The first-order valence-electron chi connectivity index (χ1n) is 9.74. The summed E-state index contributed by atoms with van der Waals surface area (Å²) in [5, 5.41) is 13.2. The van der Waals surface area contributed by atoms with Crippen LogP contribution in [0.5, 0.6) is 5.75 Å². The number of carbonyl (C=O) groups is 1. The van der Waals surface area contributed by atoms with E-state index >= 15 is 0 Å². The molecule has 0 heterocycles. The predicted molar refractivity (Wildman–Crippen MR) is 98.2 cm³/mol.